The summed E-state index contributed by atoms with van der Waals surface area (Å²) in [5.41, 5.74) is 6.00. The molecule has 102 valence electrons. The number of nitrogens with one attached hydrogen (secondary N) is 2. The Morgan fingerprint density at radius 2 is 2.26 bits per heavy atom. The molecule has 0 unspecified atom stereocenters. The van der Waals surface area contributed by atoms with Gasteiger partial charge in [0.2, 0.25) is 10.0 Å². The molecule has 1 aromatic heterocycles. The molecule has 2 rings (SSSR count). The third-order valence-corrected chi connectivity index (χ3v) is 3.81. The molecule has 19 heavy (non-hydrogen) atoms. The lowest BCUT2D eigenvalue weighted by atomic mass is 10.3. The highest BCUT2D eigenvalue weighted by Gasteiger charge is 2.16. The first kappa shape index (κ1) is 13.3. The average Bonchev–Trinajstić information content (AvgIpc) is 2.90. The van der Waals surface area contributed by atoms with Crippen molar-refractivity contribution >= 4 is 15.7 Å². The summed E-state index contributed by atoms with van der Waals surface area (Å²) < 4.78 is 31.5. The van der Waals surface area contributed by atoms with Gasteiger partial charge in [-0.15, -0.1) is 0 Å². The summed E-state index contributed by atoms with van der Waals surface area (Å²) in [5, 5.41) is 6.19. The molecule has 0 aliphatic carbocycles. The SMILES string of the molecule is COc1cc(S(=O)(=O)NCc2ncn[nH]2)ccc1N. The molecule has 0 radical (unpaired) electrons. The number of hydrogen-bond donors (Lipinski definition) is 3. The molecular weight excluding hydrogens is 270 g/mol. The van der Waals surface area contributed by atoms with Gasteiger partial charge in [0, 0.05) is 6.07 Å². The molecule has 0 saturated carbocycles. The van der Waals surface area contributed by atoms with E-state index in [9.17, 15) is 8.42 Å². The number of nitrogens with two attached hydrogens (primary N) is 1. The van der Waals surface area contributed by atoms with Gasteiger partial charge in [-0.2, -0.15) is 5.10 Å². The second-order valence-corrected chi connectivity index (χ2v) is 5.43. The summed E-state index contributed by atoms with van der Waals surface area (Å²) in [7, 11) is -2.24. The van der Waals surface area contributed by atoms with E-state index >= 15 is 0 Å². The number of aromatic amines is 1. The fourth-order valence-electron chi connectivity index (χ4n) is 1.42. The van der Waals surface area contributed by atoms with E-state index in [2.05, 4.69) is 19.9 Å². The first-order valence-electron chi connectivity index (χ1n) is 5.30. The van der Waals surface area contributed by atoms with Crippen molar-refractivity contribution in [3.05, 3.63) is 30.4 Å². The average molecular weight is 283 g/mol. The first-order valence-corrected chi connectivity index (χ1v) is 6.78. The van der Waals surface area contributed by atoms with Crippen molar-refractivity contribution < 1.29 is 13.2 Å². The van der Waals surface area contributed by atoms with E-state index in [0.717, 1.165) is 0 Å². The maximum Gasteiger partial charge on any atom is 0.241 e. The largest absolute Gasteiger partial charge is 0.495 e. The molecular formula is C10H13N5O3S. The third-order valence-electron chi connectivity index (χ3n) is 2.41. The van der Waals surface area contributed by atoms with Gasteiger partial charge in [0.25, 0.3) is 0 Å². The standard InChI is InChI=1S/C10H13N5O3S/c1-18-9-4-7(2-3-8(9)11)19(16,17)14-5-10-12-6-13-15-10/h2-4,6,14H,5,11H2,1H3,(H,12,13,15). The number of benzene rings is 1. The van der Waals surface area contributed by atoms with Crippen LogP contribution in [0.2, 0.25) is 0 Å². The lowest BCUT2D eigenvalue weighted by molar-refractivity contribution is 0.415. The van der Waals surface area contributed by atoms with Gasteiger partial charge in [0.05, 0.1) is 24.2 Å². The number of anilines is 1. The fourth-order valence-corrected chi connectivity index (χ4v) is 2.42. The second-order valence-electron chi connectivity index (χ2n) is 3.66. The Bertz CT molecular complexity index is 654. The highest BCUT2D eigenvalue weighted by molar-refractivity contribution is 7.89. The smallest absolute Gasteiger partial charge is 0.241 e. The Labute approximate surface area is 110 Å². The first-order chi connectivity index (χ1) is 9.03. The van der Waals surface area contributed by atoms with Crippen LogP contribution in [-0.2, 0) is 16.6 Å². The number of hydrogen-bond acceptors (Lipinski definition) is 6. The van der Waals surface area contributed by atoms with Crippen LogP contribution in [-0.4, -0.2) is 30.7 Å². The molecule has 0 fully saturated rings. The summed E-state index contributed by atoms with van der Waals surface area (Å²) in [6, 6.07) is 4.24. The number of nitrogen functional groups attached to an aromatic ring is 1. The summed E-state index contributed by atoms with van der Waals surface area (Å²) in [6.45, 7) is 0.0228. The van der Waals surface area contributed by atoms with Crippen LogP contribution in [0.15, 0.2) is 29.4 Å². The number of H-pyrrole nitrogens is 1. The highest BCUT2D eigenvalue weighted by atomic mass is 32.2. The molecule has 0 bridgehead atoms. The molecule has 1 aromatic carbocycles. The molecule has 8 nitrogen and oxygen atoms in total. The Morgan fingerprint density at radius 1 is 1.47 bits per heavy atom. The van der Waals surface area contributed by atoms with Crippen LogP contribution in [0.1, 0.15) is 5.82 Å². The predicted octanol–water partition coefficient (Wildman–Crippen LogP) is -0.126. The number of ether oxygens (including phenoxy) is 1. The van der Waals surface area contributed by atoms with E-state index < -0.39 is 10.0 Å². The zero-order chi connectivity index (χ0) is 13.9. The number of nitrogens with zero attached hydrogens (tertiary/aromatic N) is 2. The lowest BCUT2D eigenvalue weighted by Gasteiger charge is -2.08. The van der Waals surface area contributed by atoms with Crippen LogP contribution in [0, 0.1) is 0 Å². The lowest BCUT2D eigenvalue weighted by Crippen LogP contribution is -2.24. The summed E-state index contributed by atoms with van der Waals surface area (Å²) in [4.78, 5) is 3.89. The van der Waals surface area contributed by atoms with E-state index in [1.807, 2.05) is 0 Å². The van der Waals surface area contributed by atoms with Gasteiger partial charge in [-0.3, -0.25) is 5.10 Å². The fraction of sp³-hybridized carbons (Fsp3) is 0.200. The number of methoxy groups -OCH3 is 1. The molecule has 0 amide bonds. The minimum atomic E-state index is -3.66. The molecule has 0 saturated heterocycles. The predicted molar refractivity (Wildman–Crippen MR) is 67.8 cm³/mol. The molecule has 0 spiro atoms. The molecule has 0 aliphatic heterocycles. The van der Waals surface area contributed by atoms with Crippen LogP contribution < -0.4 is 15.2 Å². The van der Waals surface area contributed by atoms with Crippen LogP contribution in [0.3, 0.4) is 0 Å². The second kappa shape index (κ2) is 5.24. The zero-order valence-corrected chi connectivity index (χ0v) is 10.9. The summed E-state index contributed by atoms with van der Waals surface area (Å²) in [5.74, 6) is 0.730. The summed E-state index contributed by atoms with van der Waals surface area (Å²) >= 11 is 0. The zero-order valence-electron chi connectivity index (χ0n) is 10.1. The maximum absolute atomic E-state index is 12.0. The van der Waals surface area contributed by atoms with Gasteiger partial charge in [0.1, 0.15) is 17.9 Å². The molecule has 9 heteroatoms. The van der Waals surface area contributed by atoms with E-state index in [4.69, 9.17) is 10.5 Å². The van der Waals surface area contributed by atoms with Gasteiger partial charge in [-0.25, -0.2) is 18.1 Å². The minimum Gasteiger partial charge on any atom is -0.495 e. The van der Waals surface area contributed by atoms with Crippen molar-refractivity contribution in [2.24, 2.45) is 0 Å². The van der Waals surface area contributed by atoms with Gasteiger partial charge in [0.15, 0.2) is 0 Å². The van der Waals surface area contributed by atoms with Gasteiger partial charge < -0.3 is 10.5 Å². The van der Waals surface area contributed by atoms with Crippen LogP contribution in [0.5, 0.6) is 5.75 Å². The number of aromatic nitrogens is 3. The van der Waals surface area contributed by atoms with Crippen molar-refractivity contribution in [1.29, 1.82) is 0 Å². The molecule has 0 aliphatic rings. The van der Waals surface area contributed by atoms with Crippen LogP contribution in [0.25, 0.3) is 0 Å². The normalized spacial score (nSPS) is 11.4. The third kappa shape index (κ3) is 3.01. The van der Waals surface area contributed by atoms with Crippen LogP contribution >= 0.6 is 0 Å². The van der Waals surface area contributed by atoms with E-state index in [-0.39, 0.29) is 11.4 Å². The molecule has 4 N–H and O–H groups in total. The Balaban J connectivity index is 2.19. The van der Waals surface area contributed by atoms with E-state index in [1.54, 1.807) is 0 Å². The van der Waals surface area contributed by atoms with Gasteiger partial charge in [-0.05, 0) is 12.1 Å². The molecule has 1 heterocycles. The molecule has 2 aromatic rings. The van der Waals surface area contributed by atoms with E-state index in [1.165, 1.54) is 31.6 Å². The maximum atomic E-state index is 12.0. The minimum absolute atomic E-state index is 0.0228. The van der Waals surface area contributed by atoms with Crippen molar-refractivity contribution in [2.75, 3.05) is 12.8 Å². The Hall–Kier alpha value is -2.13. The Morgan fingerprint density at radius 3 is 2.89 bits per heavy atom. The van der Waals surface area contributed by atoms with Crippen molar-refractivity contribution in [3.63, 3.8) is 0 Å². The quantitative estimate of drug-likeness (QED) is 0.657. The highest BCUT2D eigenvalue weighted by Crippen LogP contribution is 2.24. The monoisotopic (exact) mass is 283 g/mol. The number of rotatable bonds is 5. The van der Waals surface area contributed by atoms with Crippen molar-refractivity contribution in [1.82, 2.24) is 19.9 Å². The van der Waals surface area contributed by atoms with Crippen LogP contribution in [0.4, 0.5) is 5.69 Å². The van der Waals surface area contributed by atoms with Crippen molar-refractivity contribution in [3.8, 4) is 5.75 Å². The molecule has 0 atom stereocenters. The van der Waals surface area contributed by atoms with E-state index in [0.29, 0.717) is 17.3 Å². The van der Waals surface area contributed by atoms with Gasteiger partial charge >= 0.3 is 0 Å². The summed E-state index contributed by atoms with van der Waals surface area (Å²) in [6.07, 6.45) is 1.30. The van der Waals surface area contributed by atoms with Crippen molar-refractivity contribution in [2.45, 2.75) is 11.4 Å². The van der Waals surface area contributed by atoms with Gasteiger partial charge in [-0.1, -0.05) is 0 Å². The number of sulfonamides is 1. The Kier molecular flexibility index (Phi) is 3.67. The topological polar surface area (TPSA) is 123 Å².